The number of aliphatic hydroxyl groups is 1. The van der Waals surface area contributed by atoms with Crippen LogP contribution in [0.4, 0.5) is 0 Å². The topological polar surface area (TPSA) is 52.6 Å². The number of carbonyl (C=O) groups excluding carboxylic acids is 1. The number of nitrogens with zero attached hydrogens (tertiary/aromatic N) is 1. The summed E-state index contributed by atoms with van der Waals surface area (Å²) >= 11 is 0. The van der Waals surface area contributed by atoms with Crippen LogP contribution in [0.25, 0.3) is 0 Å². The molecule has 2 heterocycles. The molecular weight excluding hydrogens is 216 g/mol. The van der Waals surface area contributed by atoms with Gasteiger partial charge in [0.2, 0.25) is 5.91 Å². The highest BCUT2D eigenvalue weighted by atomic mass is 16.3. The maximum Gasteiger partial charge on any atom is 0.222 e. The number of hydrogen-bond donors (Lipinski definition) is 2. The van der Waals surface area contributed by atoms with Crippen LogP contribution in [-0.4, -0.2) is 48.7 Å². The van der Waals surface area contributed by atoms with E-state index in [-0.39, 0.29) is 6.61 Å². The summed E-state index contributed by atoms with van der Waals surface area (Å²) in [4.78, 5) is 14.1. The molecule has 0 aromatic heterocycles. The number of carbonyl (C=O) groups is 1. The zero-order chi connectivity index (χ0) is 12.1. The predicted molar refractivity (Wildman–Crippen MR) is 66.6 cm³/mol. The van der Waals surface area contributed by atoms with Crippen molar-refractivity contribution in [2.45, 2.75) is 32.1 Å². The van der Waals surface area contributed by atoms with E-state index in [1.165, 1.54) is 0 Å². The van der Waals surface area contributed by atoms with Crippen molar-refractivity contribution in [3.63, 3.8) is 0 Å². The van der Waals surface area contributed by atoms with Gasteiger partial charge in [-0.3, -0.25) is 4.79 Å². The Kier molecular flexibility index (Phi) is 4.80. The Morgan fingerprint density at radius 3 is 2.71 bits per heavy atom. The monoisotopic (exact) mass is 240 g/mol. The van der Waals surface area contributed by atoms with E-state index < -0.39 is 0 Å². The number of aliphatic hydroxyl groups excluding tert-OH is 1. The van der Waals surface area contributed by atoms with Crippen LogP contribution >= 0.6 is 0 Å². The fourth-order valence-electron chi connectivity index (χ4n) is 2.90. The highest BCUT2D eigenvalue weighted by molar-refractivity contribution is 5.76. The van der Waals surface area contributed by atoms with Gasteiger partial charge in [0.1, 0.15) is 0 Å². The fraction of sp³-hybridized carbons (Fsp3) is 0.923. The largest absolute Gasteiger partial charge is 0.396 e. The van der Waals surface area contributed by atoms with E-state index in [0.29, 0.717) is 24.2 Å². The van der Waals surface area contributed by atoms with Crippen LogP contribution in [0.2, 0.25) is 0 Å². The summed E-state index contributed by atoms with van der Waals surface area (Å²) in [5, 5.41) is 12.5. The van der Waals surface area contributed by atoms with Crippen LogP contribution in [0, 0.1) is 11.8 Å². The fourth-order valence-corrected chi connectivity index (χ4v) is 2.90. The molecule has 2 N–H and O–H groups in total. The second-order valence-corrected chi connectivity index (χ2v) is 5.43. The lowest BCUT2D eigenvalue weighted by Gasteiger charge is -2.33. The number of rotatable bonds is 3. The summed E-state index contributed by atoms with van der Waals surface area (Å²) in [6.45, 7) is 3.98. The molecule has 0 saturated carbocycles. The van der Waals surface area contributed by atoms with Crippen LogP contribution in [0.3, 0.4) is 0 Å². The third-order valence-corrected chi connectivity index (χ3v) is 4.05. The quantitative estimate of drug-likeness (QED) is 0.760. The van der Waals surface area contributed by atoms with Crippen LogP contribution in [0.5, 0.6) is 0 Å². The minimum atomic E-state index is 0.219. The van der Waals surface area contributed by atoms with E-state index in [2.05, 4.69) is 5.32 Å². The highest BCUT2D eigenvalue weighted by Crippen LogP contribution is 2.21. The maximum atomic E-state index is 12.2. The molecule has 2 saturated heterocycles. The second-order valence-electron chi connectivity index (χ2n) is 5.43. The number of amides is 1. The molecule has 1 atom stereocenters. The molecule has 0 aromatic rings. The second kappa shape index (κ2) is 6.36. The standard InChI is InChI=1S/C13H24N2O2/c16-10-12-2-1-7-15(9-12)13(17)8-11-3-5-14-6-4-11/h11-12,14,16H,1-10H2/t12-/m1/s1. The van der Waals surface area contributed by atoms with Gasteiger partial charge < -0.3 is 15.3 Å². The maximum absolute atomic E-state index is 12.2. The van der Waals surface area contributed by atoms with Crippen LogP contribution in [0.1, 0.15) is 32.1 Å². The molecule has 0 bridgehead atoms. The van der Waals surface area contributed by atoms with E-state index >= 15 is 0 Å². The van der Waals surface area contributed by atoms with Gasteiger partial charge in [-0.1, -0.05) is 0 Å². The van der Waals surface area contributed by atoms with Gasteiger partial charge in [0, 0.05) is 26.1 Å². The first kappa shape index (κ1) is 12.8. The third-order valence-electron chi connectivity index (χ3n) is 4.05. The first-order chi connectivity index (χ1) is 8.29. The number of nitrogens with one attached hydrogen (secondary N) is 1. The Hall–Kier alpha value is -0.610. The van der Waals surface area contributed by atoms with Crippen molar-refractivity contribution in [1.82, 2.24) is 10.2 Å². The molecule has 0 unspecified atom stereocenters. The predicted octanol–water partition coefficient (Wildman–Crippen LogP) is 0.607. The molecular formula is C13H24N2O2. The zero-order valence-electron chi connectivity index (χ0n) is 10.5. The van der Waals surface area contributed by atoms with Crippen molar-refractivity contribution < 1.29 is 9.90 Å². The lowest BCUT2D eigenvalue weighted by Crippen LogP contribution is -2.42. The van der Waals surface area contributed by atoms with Crippen molar-refractivity contribution in [3.8, 4) is 0 Å². The van der Waals surface area contributed by atoms with Gasteiger partial charge >= 0.3 is 0 Å². The minimum absolute atomic E-state index is 0.219. The van der Waals surface area contributed by atoms with Gasteiger partial charge in [0.25, 0.3) is 0 Å². The number of likely N-dealkylation sites (tertiary alicyclic amines) is 1. The first-order valence-corrected chi connectivity index (χ1v) is 6.89. The minimum Gasteiger partial charge on any atom is -0.396 e. The van der Waals surface area contributed by atoms with Gasteiger partial charge in [0.05, 0.1) is 0 Å². The molecule has 0 aromatic carbocycles. The Bertz CT molecular complexity index is 252. The van der Waals surface area contributed by atoms with Gasteiger partial charge in [-0.15, -0.1) is 0 Å². The molecule has 0 radical (unpaired) electrons. The van der Waals surface area contributed by atoms with Crippen molar-refractivity contribution in [2.75, 3.05) is 32.8 Å². The average Bonchev–Trinajstić information content (AvgIpc) is 2.40. The number of piperidine rings is 2. The summed E-state index contributed by atoms with van der Waals surface area (Å²) in [6.07, 6.45) is 5.07. The lowest BCUT2D eigenvalue weighted by atomic mass is 9.93. The van der Waals surface area contributed by atoms with E-state index in [4.69, 9.17) is 5.11 Å². The summed E-state index contributed by atoms with van der Waals surface area (Å²) in [5.74, 6) is 1.18. The van der Waals surface area contributed by atoms with Crippen LogP contribution < -0.4 is 5.32 Å². The van der Waals surface area contributed by atoms with Crippen LogP contribution in [0.15, 0.2) is 0 Å². The molecule has 1 amide bonds. The summed E-state index contributed by atoms with van der Waals surface area (Å²) in [5.41, 5.74) is 0. The Labute approximate surface area is 103 Å². The molecule has 98 valence electrons. The van der Waals surface area contributed by atoms with E-state index in [0.717, 1.165) is 51.9 Å². The molecule has 0 aliphatic carbocycles. The Balaban J connectivity index is 1.78. The van der Waals surface area contributed by atoms with E-state index in [9.17, 15) is 4.79 Å². The lowest BCUT2D eigenvalue weighted by molar-refractivity contribution is -0.134. The molecule has 0 spiro atoms. The SMILES string of the molecule is O=C(CC1CCNCC1)N1CCC[C@@H](CO)C1. The Morgan fingerprint density at radius 1 is 1.24 bits per heavy atom. The molecule has 2 aliphatic heterocycles. The van der Waals surface area contributed by atoms with Crippen molar-refractivity contribution >= 4 is 5.91 Å². The van der Waals surface area contributed by atoms with Gasteiger partial charge in [-0.05, 0) is 50.6 Å². The van der Waals surface area contributed by atoms with Crippen molar-refractivity contribution in [3.05, 3.63) is 0 Å². The normalized spacial score (nSPS) is 27.1. The summed E-state index contributed by atoms with van der Waals surface area (Å²) < 4.78 is 0. The van der Waals surface area contributed by atoms with Crippen molar-refractivity contribution in [2.24, 2.45) is 11.8 Å². The third kappa shape index (κ3) is 3.68. The highest BCUT2D eigenvalue weighted by Gasteiger charge is 2.25. The molecule has 4 heteroatoms. The van der Waals surface area contributed by atoms with Gasteiger partial charge in [-0.25, -0.2) is 0 Å². The van der Waals surface area contributed by atoms with Gasteiger partial charge in [0.15, 0.2) is 0 Å². The first-order valence-electron chi connectivity index (χ1n) is 6.89. The Morgan fingerprint density at radius 2 is 2.00 bits per heavy atom. The molecule has 2 fully saturated rings. The van der Waals surface area contributed by atoms with Gasteiger partial charge in [-0.2, -0.15) is 0 Å². The number of hydrogen-bond acceptors (Lipinski definition) is 3. The van der Waals surface area contributed by atoms with E-state index in [1.807, 2.05) is 4.90 Å². The molecule has 4 nitrogen and oxygen atoms in total. The average molecular weight is 240 g/mol. The van der Waals surface area contributed by atoms with Crippen molar-refractivity contribution in [1.29, 1.82) is 0 Å². The smallest absolute Gasteiger partial charge is 0.222 e. The summed E-state index contributed by atoms with van der Waals surface area (Å²) in [7, 11) is 0. The van der Waals surface area contributed by atoms with E-state index in [1.54, 1.807) is 0 Å². The summed E-state index contributed by atoms with van der Waals surface area (Å²) in [6, 6.07) is 0. The van der Waals surface area contributed by atoms with Crippen LogP contribution in [-0.2, 0) is 4.79 Å². The molecule has 2 rings (SSSR count). The molecule has 17 heavy (non-hydrogen) atoms. The zero-order valence-corrected chi connectivity index (χ0v) is 10.5. The molecule has 2 aliphatic rings.